The molecule has 0 fully saturated rings. The summed E-state index contributed by atoms with van der Waals surface area (Å²) < 4.78 is 13.5. The Morgan fingerprint density at radius 2 is 2.00 bits per heavy atom. The minimum Gasteiger partial charge on any atom is -0.368 e. The molecular weight excluding hydrogens is 193 g/mol. The lowest BCUT2D eigenvalue weighted by atomic mass is 10.2. The smallest absolute Gasteiger partial charge is 0.186 e. The van der Waals surface area contributed by atoms with Crippen LogP contribution >= 0.6 is 0 Å². The van der Waals surface area contributed by atoms with Crippen molar-refractivity contribution in [3.8, 4) is 0 Å². The lowest BCUT2D eigenvalue weighted by Crippen LogP contribution is -2.08. The number of hydrogen-bond donors (Lipinski definition) is 1. The van der Waals surface area contributed by atoms with Gasteiger partial charge in [0.05, 0.1) is 5.69 Å². The molecule has 3 nitrogen and oxygen atoms in total. The van der Waals surface area contributed by atoms with Crippen LogP contribution < -0.4 is 5.32 Å². The normalized spacial score (nSPS) is 10.4. The van der Waals surface area contributed by atoms with Gasteiger partial charge in [0.2, 0.25) is 0 Å². The van der Waals surface area contributed by atoms with Crippen molar-refractivity contribution in [1.82, 2.24) is 9.97 Å². The standard InChI is InChI=1S/C11H18FN3/c1-4-6-7-9-14-8(3)10(12)11(15-9)13-5-2/h4-7H2,1-3H3,(H,13,14,15). The van der Waals surface area contributed by atoms with Gasteiger partial charge in [-0.3, -0.25) is 0 Å². The van der Waals surface area contributed by atoms with Crippen LogP contribution in [-0.2, 0) is 6.42 Å². The summed E-state index contributed by atoms with van der Waals surface area (Å²) in [7, 11) is 0. The van der Waals surface area contributed by atoms with E-state index in [9.17, 15) is 4.39 Å². The zero-order valence-electron chi connectivity index (χ0n) is 9.60. The van der Waals surface area contributed by atoms with Crippen molar-refractivity contribution in [2.24, 2.45) is 0 Å². The van der Waals surface area contributed by atoms with Crippen LogP contribution in [0, 0.1) is 12.7 Å². The van der Waals surface area contributed by atoms with Crippen molar-refractivity contribution in [1.29, 1.82) is 0 Å². The topological polar surface area (TPSA) is 37.8 Å². The van der Waals surface area contributed by atoms with Crippen LogP contribution in [0.25, 0.3) is 0 Å². The molecule has 1 aromatic rings. The number of nitrogens with zero attached hydrogens (tertiary/aromatic N) is 2. The van der Waals surface area contributed by atoms with Crippen LogP contribution in [-0.4, -0.2) is 16.5 Å². The summed E-state index contributed by atoms with van der Waals surface area (Å²) in [5.41, 5.74) is 0.423. The summed E-state index contributed by atoms with van der Waals surface area (Å²) in [6.45, 7) is 6.37. The summed E-state index contributed by atoms with van der Waals surface area (Å²) in [5, 5.41) is 2.91. The molecule has 1 aromatic heterocycles. The van der Waals surface area contributed by atoms with E-state index in [0.29, 0.717) is 18.1 Å². The van der Waals surface area contributed by atoms with Crippen molar-refractivity contribution in [3.05, 3.63) is 17.3 Å². The minimum atomic E-state index is -0.336. The molecule has 0 saturated heterocycles. The molecule has 0 aliphatic rings. The maximum atomic E-state index is 13.5. The Labute approximate surface area is 90.1 Å². The molecule has 0 unspecified atom stereocenters. The van der Waals surface area contributed by atoms with E-state index in [4.69, 9.17) is 0 Å². The first-order valence-electron chi connectivity index (χ1n) is 5.45. The van der Waals surface area contributed by atoms with E-state index in [0.717, 1.165) is 25.1 Å². The molecule has 1 N–H and O–H groups in total. The van der Waals surface area contributed by atoms with E-state index in [-0.39, 0.29) is 5.82 Å². The second-order valence-corrected chi connectivity index (χ2v) is 3.52. The Morgan fingerprint density at radius 1 is 1.27 bits per heavy atom. The Balaban J connectivity index is 2.90. The monoisotopic (exact) mass is 211 g/mol. The number of nitrogens with one attached hydrogen (secondary N) is 1. The zero-order chi connectivity index (χ0) is 11.3. The summed E-state index contributed by atoms with van der Waals surface area (Å²) in [5.74, 6) is 0.722. The highest BCUT2D eigenvalue weighted by molar-refractivity contribution is 5.37. The van der Waals surface area contributed by atoms with E-state index in [1.54, 1.807) is 6.92 Å². The highest BCUT2D eigenvalue weighted by Crippen LogP contribution is 2.14. The van der Waals surface area contributed by atoms with E-state index in [2.05, 4.69) is 22.2 Å². The van der Waals surface area contributed by atoms with E-state index in [1.165, 1.54) is 0 Å². The van der Waals surface area contributed by atoms with Crippen molar-refractivity contribution in [2.45, 2.75) is 40.0 Å². The van der Waals surface area contributed by atoms with Crippen molar-refractivity contribution in [3.63, 3.8) is 0 Å². The third-order valence-corrected chi connectivity index (χ3v) is 2.16. The second-order valence-electron chi connectivity index (χ2n) is 3.52. The summed E-state index contributed by atoms with van der Waals surface area (Å²) >= 11 is 0. The highest BCUT2D eigenvalue weighted by Gasteiger charge is 2.09. The predicted molar refractivity (Wildman–Crippen MR) is 59.5 cm³/mol. The number of anilines is 1. The third kappa shape index (κ3) is 3.15. The van der Waals surface area contributed by atoms with Crippen LogP contribution in [0.4, 0.5) is 10.2 Å². The first-order chi connectivity index (χ1) is 7.19. The quantitative estimate of drug-likeness (QED) is 0.813. The Morgan fingerprint density at radius 3 is 2.60 bits per heavy atom. The molecule has 84 valence electrons. The molecule has 4 heteroatoms. The average Bonchev–Trinajstić information content (AvgIpc) is 2.22. The SMILES string of the molecule is CCCCc1nc(C)c(F)c(NCC)n1. The van der Waals surface area contributed by atoms with Gasteiger partial charge >= 0.3 is 0 Å². The van der Waals surface area contributed by atoms with E-state index in [1.807, 2.05) is 6.92 Å². The first-order valence-corrected chi connectivity index (χ1v) is 5.45. The van der Waals surface area contributed by atoms with Gasteiger partial charge in [0.25, 0.3) is 0 Å². The molecule has 0 aliphatic heterocycles. The van der Waals surface area contributed by atoms with Gasteiger partial charge in [-0.15, -0.1) is 0 Å². The van der Waals surface area contributed by atoms with Crippen LogP contribution in [0.2, 0.25) is 0 Å². The van der Waals surface area contributed by atoms with E-state index >= 15 is 0 Å². The number of aryl methyl sites for hydroxylation is 2. The number of halogens is 1. The molecule has 0 spiro atoms. The fraction of sp³-hybridized carbons (Fsp3) is 0.636. The highest BCUT2D eigenvalue weighted by atomic mass is 19.1. The van der Waals surface area contributed by atoms with Gasteiger partial charge in [-0.1, -0.05) is 13.3 Å². The Kier molecular flexibility index (Phi) is 4.46. The Hall–Kier alpha value is -1.19. The lowest BCUT2D eigenvalue weighted by Gasteiger charge is -2.08. The largest absolute Gasteiger partial charge is 0.368 e. The van der Waals surface area contributed by atoms with Crippen LogP contribution in [0.3, 0.4) is 0 Å². The molecule has 1 rings (SSSR count). The van der Waals surface area contributed by atoms with Gasteiger partial charge in [0, 0.05) is 13.0 Å². The fourth-order valence-electron chi connectivity index (χ4n) is 1.35. The van der Waals surface area contributed by atoms with Gasteiger partial charge in [-0.05, 0) is 20.3 Å². The second kappa shape index (κ2) is 5.63. The van der Waals surface area contributed by atoms with Gasteiger partial charge < -0.3 is 5.32 Å². The molecule has 0 atom stereocenters. The van der Waals surface area contributed by atoms with E-state index < -0.39 is 0 Å². The van der Waals surface area contributed by atoms with Crippen molar-refractivity contribution in [2.75, 3.05) is 11.9 Å². The molecule has 1 heterocycles. The predicted octanol–water partition coefficient (Wildman–Crippen LogP) is 2.70. The average molecular weight is 211 g/mol. The van der Waals surface area contributed by atoms with Gasteiger partial charge in [-0.2, -0.15) is 0 Å². The number of unbranched alkanes of at least 4 members (excludes halogenated alkanes) is 1. The van der Waals surface area contributed by atoms with Crippen molar-refractivity contribution >= 4 is 5.82 Å². The lowest BCUT2D eigenvalue weighted by molar-refractivity contribution is 0.597. The number of rotatable bonds is 5. The molecule has 0 bridgehead atoms. The molecule has 0 amide bonds. The minimum absolute atomic E-state index is 0.330. The molecule has 0 saturated carbocycles. The number of aromatic nitrogens is 2. The summed E-state index contributed by atoms with van der Waals surface area (Å²) in [4.78, 5) is 8.29. The summed E-state index contributed by atoms with van der Waals surface area (Å²) in [6.07, 6.45) is 2.95. The zero-order valence-corrected chi connectivity index (χ0v) is 9.60. The van der Waals surface area contributed by atoms with Crippen molar-refractivity contribution < 1.29 is 4.39 Å². The summed E-state index contributed by atoms with van der Waals surface area (Å²) in [6, 6.07) is 0. The van der Waals surface area contributed by atoms with Crippen LogP contribution in [0.15, 0.2) is 0 Å². The van der Waals surface area contributed by atoms with Gasteiger partial charge in [0.15, 0.2) is 11.6 Å². The van der Waals surface area contributed by atoms with Gasteiger partial charge in [0.1, 0.15) is 5.82 Å². The first kappa shape index (κ1) is 11.9. The van der Waals surface area contributed by atoms with Crippen LogP contribution in [0.1, 0.15) is 38.2 Å². The number of hydrogen-bond acceptors (Lipinski definition) is 3. The maximum absolute atomic E-state index is 13.5. The van der Waals surface area contributed by atoms with Gasteiger partial charge in [-0.25, -0.2) is 14.4 Å². The molecule has 0 radical (unpaired) electrons. The fourth-order valence-corrected chi connectivity index (χ4v) is 1.35. The molecule has 0 aliphatic carbocycles. The molecule has 0 aromatic carbocycles. The van der Waals surface area contributed by atoms with Crippen LogP contribution in [0.5, 0.6) is 0 Å². The Bertz CT molecular complexity index is 326. The molecular formula is C11H18FN3. The third-order valence-electron chi connectivity index (χ3n) is 2.16. The maximum Gasteiger partial charge on any atom is 0.186 e. The molecule has 15 heavy (non-hydrogen) atoms.